The summed E-state index contributed by atoms with van der Waals surface area (Å²) in [5.41, 5.74) is 2.49. The number of likely N-dealkylation sites (N-methyl/N-ethyl adjacent to an activating group) is 1. The molecule has 2 rings (SSSR count). The Morgan fingerprint density at radius 2 is 1.79 bits per heavy atom. The SMILES string of the molecule is CC(=O)Nc1ccc(Nc2nc(C)cc(NCCN(C)C)n2)cc1. The number of hydrogen-bond donors (Lipinski definition) is 3. The molecule has 1 heterocycles. The molecule has 1 aromatic heterocycles. The zero-order chi connectivity index (χ0) is 17.5. The van der Waals surface area contributed by atoms with Crippen molar-refractivity contribution < 1.29 is 4.79 Å². The molecule has 7 nitrogen and oxygen atoms in total. The molecule has 0 saturated carbocycles. The first kappa shape index (κ1) is 17.7. The molecule has 0 saturated heterocycles. The van der Waals surface area contributed by atoms with Crippen LogP contribution in [0, 0.1) is 6.92 Å². The van der Waals surface area contributed by atoms with E-state index in [4.69, 9.17) is 0 Å². The van der Waals surface area contributed by atoms with Crippen molar-refractivity contribution in [3.63, 3.8) is 0 Å². The maximum atomic E-state index is 11.0. The fourth-order valence-corrected chi connectivity index (χ4v) is 2.09. The van der Waals surface area contributed by atoms with Gasteiger partial charge in [-0.1, -0.05) is 0 Å². The van der Waals surface area contributed by atoms with Crippen molar-refractivity contribution in [1.29, 1.82) is 0 Å². The third-order valence-corrected chi connectivity index (χ3v) is 3.18. The molecule has 0 unspecified atom stereocenters. The third kappa shape index (κ3) is 5.85. The number of anilines is 4. The lowest BCUT2D eigenvalue weighted by atomic mass is 10.3. The van der Waals surface area contributed by atoms with Crippen LogP contribution < -0.4 is 16.0 Å². The summed E-state index contributed by atoms with van der Waals surface area (Å²) in [5.74, 6) is 1.24. The molecule has 0 aliphatic heterocycles. The maximum absolute atomic E-state index is 11.0. The summed E-state index contributed by atoms with van der Waals surface area (Å²) in [7, 11) is 4.06. The van der Waals surface area contributed by atoms with E-state index in [9.17, 15) is 4.79 Å². The Morgan fingerprint density at radius 3 is 2.42 bits per heavy atom. The number of carbonyl (C=O) groups excluding carboxylic acids is 1. The number of nitrogens with zero attached hydrogens (tertiary/aromatic N) is 3. The van der Waals surface area contributed by atoms with E-state index < -0.39 is 0 Å². The average Bonchev–Trinajstić information content (AvgIpc) is 2.48. The van der Waals surface area contributed by atoms with Crippen molar-refractivity contribution in [3.8, 4) is 0 Å². The molecule has 0 spiro atoms. The van der Waals surface area contributed by atoms with Crippen LogP contribution in [-0.4, -0.2) is 48.0 Å². The summed E-state index contributed by atoms with van der Waals surface area (Å²) in [5, 5.41) is 9.21. The van der Waals surface area contributed by atoms with Crippen LogP contribution in [-0.2, 0) is 4.79 Å². The second-order valence-electron chi connectivity index (χ2n) is 5.83. The first-order valence-corrected chi connectivity index (χ1v) is 7.81. The van der Waals surface area contributed by atoms with Gasteiger partial charge in [-0.05, 0) is 45.3 Å². The predicted molar refractivity (Wildman–Crippen MR) is 97.8 cm³/mol. The van der Waals surface area contributed by atoms with Crippen LogP contribution in [0.3, 0.4) is 0 Å². The summed E-state index contributed by atoms with van der Waals surface area (Å²) in [6.07, 6.45) is 0. The van der Waals surface area contributed by atoms with Crippen LogP contribution >= 0.6 is 0 Å². The Bertz CT molecular complexity index is 684. The zero-order valence-corrected chi connectivity index (χ0v) is 14.6. The summed E-state index contributed by atoms with van der Waals surface area (Å²) in [6.45, 7) is 5.16. The molecular weight excluding hydrogens is 304 g/mol. The first-order chi connectivity index (χ1) is 11.4. The smallest absolute Gasteiger partial charge is 0.229 e. The van der Waals surface area contributed by atoms with Gasteiger partial charge in [-0.15, -0.1) is 0 Å². The van der Waals surface area contributed by atoms with E-state index in [0.717, 1.165) is 36.0 Å². The lowest BCUT2D eigenvalue weighted by Gasteiger charge is -2.12. The highest BCUT2D eigenvalue weighted by Gasteiger charge is 2.04. The van der Waals surface area contributed by atoms with Gasteiger partial charge in [0.2, 0.25) is 11.9 Å². The minimum absolute atomic E-state index is 0.0915. The lowest BCUT2D eigenvalue weighted by Crippen LogP contribution is -2.21. The molecule has 0 radical (unpaired) electrons. The number of aromatic nitrogens is 2. The van der Waals surface area contributed by atoms with Crippen LogP contribution in [0.1, 0.15) is 12.6 Å². The van der Waals surface area contributed by atoms with E-state index in [1.54, 1.807) is 0 Å². The largest absolute Gasteiger partial charge is 0.369 e. The van der Waals surface area contributed by atoms with Crippen molar-refractivity contribution in [2.75, 3.05) is 43.1 Å². The molecule has 2 aromatic rings. The van der Waals surface area contributed by atoms with E-state index in [1.807, 2.05) is 51.4 Å². The normalized spacial score (nSPS) is 10.5. The van der Waals surface area contributed by atoms with Gasteiger partial charge in [0.15, 0.2) is 0 Å². The molecule has 3 N–H and O–H groups in total. The highest BCUT2D eigenvalue weighted by atomic mass is 16.1. The fourth-order valence-electron chi connectivity index (χ4n) is 2.09. The molecule has 0 aliphatic carbocycles. The standard InChI is InChI=1S/C17H24N6O/c1-12-11-16(18-9-10-23(3)4)22-17(19-12)21-15-7-5-14(6-8-15)20-13(2)24/h5-8,11H,9-10H2,1-4H3,(H,20,24)(H2,18,19,21,22). The van der Waals surface area contributed by atoms with Gasteiger partial charge in [0.05, 0.1) is 0 Å². The van der Waals surface area contributed by atoms with Gasteiger partial charge in [0.25, 0.3) is 0 Å². The molecular formula is C17H24N6O. The van der Waals surface area contributed by atoms with Crippen LogP contribution in [0.15, 0.2) is 30.3 Å². The zero-order valence-electron chi connectivity index (χ0n) is 14.6. The third-order valence-electron chi connectivity index (χ3n) is 3.18. The van der Waals surface area contributed by atoms with Gasteiger partial charge >= 0.3 is 0 Å². The summed E-state index contributed by atoms with van der Waals surface area (Å²) >= 11 is 0. The van der Waals surface area contributed by atoms with E-state index in [1.165, 1.54) is 6.92 Å². The van der Waals surface area contributed by atoms with Gasteiger partial charge < -0.3 is 20.9 Å². The van der Waals surface area contributed by atoms with Crippen LogP contribution in [0.4, 0.5) is 23.1 Å². The van der Waals surface area contributed by atoms with Crippen molar-refractivity contribution in [2.24, 2.45) is 0 Å². The number of benzene rings is 1. The van der Waals surface area contributed by atoms with Crippen molar-refractivity contribution in [2.45, 2.75) is 13.8 Å². The summed E-state index contributed by atoms with van der Waals surface area (Å²) in [4.78, 5) is 22.0. The number of hydrogen-bond acceptors (Lipinski definition) is 6. The van der Waals surface area contributed by atoms with E-state index in [0.29, 0.717) is 5.95 Å². The minimum Gasteiger partial charge on any atom is -0.369 e. The molecule has 24 heavy (non-hydrogen) atoms. The molecule has 0 aliphatic rings. The Kier molecular flexibility index (Phi) is 6.08. The molecule has 0 fully saturated rings. The Balaban J connectivity index is 2.03. The van der Waals surface area contributed by atoms with Crippen LogP contribution in [0.25, 0.3) is 0 Å². The Labute approximate surface area is 142 Å². The topological polar surface area (TPSA) is 82.2 Å². The van der Waals surface area contributed by atoms with E-state index in [2.05, 4.69) is 30.8 Å². The minimum atomic E-state index is -0.0915. The maximum Gasteiger partial charge on any atom is 0.229 e. The number of carbonyl (C=O) groups is 1. The van der Waals surface area contributed by atoms with Crippen molar-refractivity contribution >= 4 is 29.0 Å². The quantitative estimate of drug-likeness (QED) is 0.724. The van der Waals surface area contributed by atoms with Gasteiger partial charge in [0.1, 0.15) is 5.82 Å². The van der Waals surface area contributed by atoms with Crippen molar-refractivity contribution in [1.82, 2.24) is 14.9 Å². The number of amides is 1. The highest BCUT2D eigenvalue weighted by Crippen LogP contribution is 2.18. The van der Waals surface area contributed by atoms with Crippen LogP contribution in [0.2, 0.25) is 0 Å². The molecule has 0 bridgehead atoms. The van der Waals surface area contributed by atoms with Gasteiger partial charge in [-0.25, -0.2) is 4.98 Å². The second-order valence-corrected chi connectivity index (χ2v) is 5.83. The average molecular weight is 328 g/mol. The number of aryl methyl sites for hydroxylation is 1. The Morgan fingerprint density at radius 1 is 1.12 bits per heavy atom. The van der Waals surface area contributed by atoms with Crippen LogP contribution in [0.5, 0.6) is 0 Å². The van der Waals surface area contributed by atoms with E-state index >= 15 is 0 Å². The number of rotatable bonds is 7. The fraction of sp³-hybridized carbons (Fsp3) is 0.353. The van der Waals surface area contributed by atoms with Gasteiger partial charge in [0, 0.05) is 43.1 Å². The van der Waals surface area contributed by atoms with Crippen molar-refractivity contribution in [3.05, 3.63) is 36.0 Å². The monoisotopic (exact) mass is 328 g/mol. The molecule has 1 aromatic carbocycles. The molecule has 7 heteroatoms. The summed E-state index contributed by atoms with van der Waals surface area (Å²) < 4.78 is 0. The second kappa shape index (κ2) is 8.26. The summed E-state index contributed by atoms with van der Waals surface area (Å²) in [6, 6.07) is 9.32. The van der Waals surface area contributed by atoms with Gasteiger partial charge in [-0.3, -0.25) is 4.79 Å². The first-order valence-electron chi connectivity index (χ1n) is 7.81. The molecule has 0 atom stereocenters. The van der Waals surface area contributed by atoms with Gasteiger partial charge in [-0.2, -0.15) is 4.98 Å². The predicted octanol–water partition coefficient (Wildman–Crippen LogP) is 2.46. The highest BCUT2D eigenvalue weighted by molar-refractivity contribution is 5.88. The molecule has 1 amide bonds. The van der Waals surface area contributed by atoms with E-state index in [-0.39, 0.29) is 5.91 Å². The molecule has 128 valence electrons. The lowest BCUT2D eigenvalue weighted by molar-refractivity contribution is -0.114. The Hall–Kier alpha value is -2.67. The number of nitrogens with one attached hydrogen (secondary N) is 3.